The zero-order chi connectivity index (χ0) is 7.23. The average molecular weight is 154 g/mol. The summed E-state index contributed by atoms with van der Waals surface area (Å²) in [5.41, 5.74) is 0. The van der Waals surface area contributed by atoms with Crippen LogP contribution in [0.5, 0.6) is 5.88 Å². The van der Waals surface area contributed by atoms with Gasteiger partial charge in [0.05, 0.1) is 21.9 Å². The number of hydrogen-bond acceptors (Lipinski definition) is 2. The third-order valence-electron chi connectivity index (χ3n) is 1.05. The molecule has 4 heteroatoms. The molecular formula is C6H10N2OSi. The fourth-order valence-corrected chi connectivity index (χ4v) is 1.02. The second-order valence-electron chi connectivity index (χ2n) is 1.81. The standard InChI is InChI=1S/C6H10N2OSi/c1-2-10-5-9-6-3-4-7-8-6/h3-4H,2,5H2,1H3,(H,7,8). The number of aromatic amines is 1. The van der Waals surface area contributed by atoms with Gasteiger partial charge in [-0.2, -0.15) is 5.10 Å². The van der Waals surface area contributed by atoms with Crippen molar-refractivity contribution in [3.63, 3.8) is 0 Å². The van der Waals surface area contributed by atoms with Crippen molar-refractivity contribution in [2.24, 2.45) is 0 Å². The first-order valence-electron chi connectivity index (χ1n) is 3.26. The van der Waals surface area contributed by atoms with Gasteiger partial charge in [-0.1, -0.05) is 13.0 Å². The van der Waals surface area contributed by atoms with Crippen molar-refractivity contribution in [1.29, 1.82) is 0 Å². The number of aromatic nitrogens is 2. The Morgan fingerprint density at radius 2 is 2.70 bits per heavy atom. The topological polar surface area (TPSA) is 37.9 Å². The SMILES string of the molecule is CC[Si]COc1ccn[nH]1. The van der Waals surface area contributed by atoms with Gasteiger partial charge in [-0.15, -0.1) is 0 Å². The smallest absolute Gasteiger partial charge is 0.208 e. The molecular weight excluding hydrogens is 144 g/mol. The maximum atomic E-state index is 5.28. The van der Waals surface area contributed by atoms with Gasteiger partial charge in [0.15, 0.2) is 0 Å². The number of ether oxygens (including phenoxy) is 1. The number of hydrogen-bond donors (Lipinski definition) is 1. The largest absolute Gasteiger partial charge is 0.482 e. The van der Waals surface area contributed by atoms with E-state index in [9.17, 15) is 0 Å². The van der Waals surface area contributed by atoms with Crippen molar-refractivity contribution >= 4 is 9.52 Å². The van der Waals surface area contributed by atoms with E-state index in [2.05, 4.69) is 17.1 Å². The number of H-pyrrole nitrogens is 1. The molecule has 0 aliphatic carbocycles. The molecule has 1 heterocycles. The molecule has 0 unspecified atom stereocenters. The normalized spacial score (nSPS) is 9.70. The van der Waals surface area contributed by atoms with Gasteiger partial charge in [0.25, 0.3) is 0 Å². The van der Waals surface area contributed by atoms with Crippen LogP contribution in [0.15, 0.2) is 12.3 Å². The monoisotopic (exact) mass is 154 g/mol. The zero-order valence-electron chi connectivity index (χ0n) is 5.92. The van der Waals surface area contributed by atoms with E-state index in [-0.39, 0.29) is 0 Å². The Kier molecular flexibility index (Phi) is 3.01. The molecule has 0 aliphatic rings. The van der Waals surface area contributed by atoms with Crippen molar-refractivity contribution in [3.8, 4) is 5.88 Å². The minimum Gasteiger partial charge on any atom is -0.482 e. The summed E-state index contributed by atoms with van der Waals surface area (Å²) in [5.74, 6) is 0.765. The Morgan fingerprint density at radius 1 is 1.80 bits per heavy atom. The third-order valence-corrected chi connectivity index (χ3v) is 1.90. The molecule has 1 aromatic rings. The summed E-state index contributed by atoms with van der Waals surface area (Å²) in [4.78, 5) is 0. The summed E-state index contributed by atoms with van der Waals surface area (Å²) in [6.45, 7) is 2.15. The molecule has 1 N–H and O–H groups in total. The van der Waals surface area contributed by atoms with Gasteiger partial charge in [0.1, 0.15) is 0 Å². The Balaban J connectivity index is 2.15. The Bertz CT molecular complexity index is 164. The molecule has 1 rings (SSSR count). The Labute approximate surface area is 62.6 Å². The predicted octanol–water partition coefficient (Wildman–Crippen LogP) is 0.888. The van der Waals surface area contributed by atoms with Gasteiger partial charge < -0.3 is 4.74 Å². The lowest BCUT2D eigenvalue weighted by atomic mass is 10.7. The molecule has 0 amide bonds. The van der Waals surface area contributed by atoms with Crippen LogP contribution < -0.4 is 4.74 Å². The van der Waals surface area contributed by atoms with Crippen LogP contribution in [-0.2, 0) is 0 Å². The molecule has 0 aliphatic heterocycles. The molecule has 0 fully saturated rings. The quantitative estimate of drug-likeness (QED) is 0.516. The second kappa shape index (κ2) is 4.11. The van der Waals surface area contributed by atoms with Gasteiger partial charge in [-0.3, -0.25) is 0 Å². The highest BCUT2D eigenvalue weighted by molar-refractivity contribution is 6.35. The van der Waals surface area contributed by atoms with Gasteiger partial charge in [-0.05, 0) is 0 Å². The molecule has 54 valence electrons. The van der Waals surface area contributed by atoms with Crippen LogP contribution in [0.2, 0.25) is 6.04 Å². The Hall–Kier alpha value is -0.773. The van der Waals surface area contributed by atoms with Crippen LogP contribution in [0.25, 0.3) is 0 Å². The molecule has 0 saturated heterocycles. The van der Waals surface area contributed by atoms with E-state index in [1.54, 1.807) is 6.20 Å². The van der Waals surface area contributed by atoms with Gasteiger partial charge in [0, 0.05) is 6.07 Å². The lowest BCUT2D eigenvalue weighted by Gasteiger charge is -1.98. The minimum absolute atomic E-state index is 0.765. The number of rotatable bonds is 4. The molecule has 0 spiro atoms. The summed E-state index contributed by atoms with van der Waals surface area (Å²) in [7, 11) is 0.883. The van der Waals surface area contributed by atoms with Gasteiger partial charge >= 0.3 is 0 Å². The predicted molar refractivity (Wildman–Crippen MR) is 40.3 cm³/mol. The van der Waals surface area contributed by atoms with Crippen LogP contribution in [-0.4, -0.2) is 25.9 Å². The van der Waals surface area contributed by atoms with E-state index in [1.165, 1.54) is 6.04 Å². The highest BCUT2D eigenvalue weighted by Crippen LogP contribution is 2.00. The number of nitrogens with zero attached hydrogens (tertiary/aromatic N) is 1. The van der Waals surface area contributed by atoms with E-state index in [4.69, 9.17) is 4.74 Å². The van der Waals surface area contributed by atoms with E-state index >= 15 is 0 Å². The summed E-state index contributed by atoms with van der Waals surface area (Å²) >= 11 is 0. The minimum atomic E-state index is 0.765. The van der Waals surface area contributed by atoms with Gasteiger partial charge in [0.2, 0.25) is 5.88 Å². The fourth-order valence-electron chi connectivity index (χ4n) is 0.554. The third kappa shape index (κ3) is 2.22. The van der Waals surface area contributed by atoms with E-state index < -0.39 is 0 Å². The first kappa shape index (κ1) is 7.34. The first-order valence-corrected chi connectivity index (χ1v) is 4.68. The lowest BCUT2D eigenvalue weighted by Crippen LogP contribution is -2.04. The fraction of sp³-hybridized carbons (Fsp3) is 0.500. The van der Waals surface area contributed by atoms with Crippen LogP contribution >= 0.6 is 0 Å². The molecule has 0 saturated carbocycles. The molecule has 0 atom stereocenters. The lowest BCUT2D eigenvalue weighted by molar-refractivity contribution is 0.368. The maximum absolute atomic E-state index is 5.28. The molecule has 10 heavy (non-hydrogen) atoms. The summed E-state index contributed by atoms with van der Waals surface area (Å²) < 4.78 is 5.28. The number of nitrogens with one attached hydrogen (secondary N) is 1. The zero-order valence-corrected chi connectivity index (χ0v) is 6.92. The van der Waals surface area contributed by atoms with E-state index in [1.807, 2.05) is 6.07 Å². The van der Waals surface area contributed by atoms with E-state index in [0.717, 1.165) is 21.6 Å². The van der Waals surface area contributed by atoms with Crippen LogP contribution in [0.4, 0.5) is 0 Å². The van der Waals surface area contributed by atoms with E-state index in [0.29, 0.717) is 0 Å². The van der Waals surface area contributed by atoms with Crippen molar-refractivity contribution in [2.45, 2.75) is 13.0 Å². The van der Waals surface area contributed by atoms with Crippen molar-refractivity contribution in [3.05, 3.63) is 12.3 Å². The molecule has 0 bridgehead atoms. The van der Waals surface area contributed by atoms with Gasteiger partial charge in [-0.25, -0.2) is 5.10 Å². The highest BCUT2D eigenvalue weighted by atomic mass is 28.2. The maximum Gasteiger partial charge on any atom is 0.208 e. The summed E-state index contributed by atoms with van der Waals surface area (Å²) in [5, 5.41) is 6.48. The van der Waals surface area contributed by atoms with Crippen LogP contribution in [0.1, 0.15) is 6.92 Å². The Morgan fingerprint density at radius 3 is 3.30 bits per heavy atom. The van der Waals surface area contributed by atoms with Crippen molar-refractivity contribution in [2.75, 3.05) is 6.23 Å². The summed E-state index contributed by atoms with van der Waals surface area (Å²) in [6, 6.07) is 3.01. The molecule has 3 nitrogen and oxygen atoms in total. The molecule has 0 aromatic carbocycles. The first-order chi connectivity index (χ1) is 4.93. The second-order valence-corrected chi connectivity index (χ2v) is 3.31. The van der Waals surface area contributed by atoms with Crippen LogP contribution in [0.3, 0.4) is 0 Å². The van der Waals surface area contributed by atoms with Crippen molar-refractivity contribution < 1.29 is 4.74 Å². The summed E-state index contributed by atoms with van der Waals surface area (Å²) in [6.07, 6.45) is 2.49. The molecule has 1 aromatic heterocycles. The molecule has 2 radical (unpaired) electrons. The average Bonchev–Trinajstić information content (AvgIpc) is 2.41. The highest BCUT2D eigenvalue weighted by Gasteiger charge is 1.91. The van der Waals surface area contributed by atoms with Crippen molar-refractivity contribution in [1.82, 2.24) is 10.2 Å². The van der Waals surface area contributed by atoms with Crippen LogP contribution in [0, 0.1) is 0 Å².